The number of hydrogen-bond donors (Lipinski definition) is 19. The van der Waals surface area contributed by atoms with Crippen LogP contribution in [0.2, 0.25) is 0 Å². The van der Waals surface area contributed by atoms with E-state index in [1.54, 1.807) is 0 Å². The monoisotopic (exact) mass is 1020 g/mol. The minimum atomic E-state index is -0.935. The molecule has 0 heterocycles. The van der Waals surface area contributed by atoms with E-state index in [0.29, 0.717) is 57.8 Å². The summed E-state index contributed by atoms with van der Waals surface area (Å²) in [6, 6.07) is 0. The quantitative estimate of drug-likeness (QED) is 0.0498. The first kappa shape index (κ1) is 90.3. The standard InChI is InChI=1S/9C5H12O2.C4H6O2/c9*1-2-5(7)3-4-6;1-3(2)4(5)6/h9*5-7H,2-4H2,1H3;1H2,2H3,(H,5,6). The average molecular weight is 1020 g/mol. The van der Waals surface area contributed by atoms with E-state index < -0.39 is 5.97 Å². The summed E-state index contributed by atoms with van der Waals surface area (Å²) in [7, 11) is 0. The smallest absolute Gasteiger partial charge is 0.330 e. The highest BCUT2D eigenvalue weighted by Crippen LogP contribution is 1.97. The van der Waals surface area contributed by atoms with Crippen LogP contribution in [-0.2, 0) is 4.79 Å². The molecule has 20 heteroatoms. The van der Waals surface area contributed by atoms with Gasteiger partial charge in [-0.1, -0.05) is 68.9 Å². The fourth-order valence-corrected chi connectivity index (χ4v) is 3.18. The Balaban J connectivity index is -0.0000000701. The normalized spacial score (nSPS) is 13.6. The zero-order valence-electron chi connectivity index (χ0n) is 44.9. The molecule has 0 saturated carbocycles. The molecule has 0 saturated heterocycles. The molecule has 0 aliphatic carbocycles. The number of carboxylic acid groups (broad SMARTS) is 1. The summed E-state index contributed by atoms with van der Waals surface area (Å²) in [5.41, 5.74) is 0.176. The third-order valence-corrected chi connectivity index (χ3v) is 8.77. The van der Waals surface area contributed by atoms with Crippen molar-refractivity contribution in [1.82, 2.24) is 0 Å². The Labute approximate surface area is 418 Å². The largest absolute Gasteiger partial charge is 0.478 e. The Hall–Kier alpha value is -1.51. The van der Waals surface area contributed by atoms with Gasteiger partial charge in [0.1, 0.15) is 0 Å². The average Bonchev–Trinajstić information content (AvgIpc) is 3.33. The van der Waals surface area contributed by atoms with Gasteiger partial charge in [-0.05, 0) is 122 Å². The van der Waals surface area contributed by atoms with Gasteiger partial charge in [-0.25, -0.2) is 4.79 Å². The summed E-state index contributed by atoms with van der Waals surface area (Å²) >= 11 is 0. The Morgan fingerprint density at radius 2 is 0.362 bits per heavy atom. The molecule has 0 aliphatic heterocycles. The fourth-order valence-electron chi connectivity index (χ4n) is 3.18. The summed E-state index contributed by atoms with van der Waals surface area (Å²) in [4.78, 5) is 9.60. The van der Waals surface area contributed by atoms with Gasteiger partial charge in [-0.3, -0.25) is 0 Å². The molecular weight excluding hydrogens is 909 g/mol. The summed E-state index contributed by atoms with van der Waals surface area (Å²) in [5, 5.41) is 160. The van der Waals surface area contributed by atoms with Gasteiger partial charge in [-0.2, -0.15) is 0 Å². The van der Waals surface area contributed by atoms with E-state index in [9.17, 15) is 4.79 Å². The van der Waals surface area contributed by atoms with E-state index >= 15 is 0 Å². The van der Waals surface area contributed by atoms with E-state index in [1.165, 1.54) is 6.92 Å². The Bertz CT molecular complexity index is 667. The third kappa shape index (κ3) is 123. The molecule has 0 aliphatic rings. The van der Waals surface area contributed by atoms with E-state index in [2.05, 4.69) is 6.58 Å². The van der Waals surface area contributed by atoms with Crippen LogP contribution in [0.3, 0.4) is 0 Å². The minimum absolute atomic E-state index is 0.0923. The number of carbonyl (C=O) groups is 1. The number of aliphatic carboxylic acids is 1. The van der Waals surface area contributed by atoms with Crippen LogP contribution in [0.25, 0.3) is 0 Å². The first-order valence-corrected chi connectivity index (χ1v) is 24.9. The van der Waals surface area contributed by atoms with Gasteiger partial charge in [0.05, 0.1) is 54.9 Å². The van der Waals surface area contributed by atoms with Crippen LogP contribution in [0, 0.1) is 0 Å². The van der Waals surface area contributed by atoms with Crippen molar-refractivity contribution in [2.75, 3.05) is 59.5 Å². The topological polar surface area (TPSA) is 401 Å². The summed E-state index contributed by atoms with van der Waals surface area (Å²) < 4.78 is 0. The van der Waals surface area contributed by atoms with Crippen LogP contribution in [0.4, 0.5) is 0 Å². The molecule has 0 aromatic carbocycles. The molecule has 69 heavy (non-hydrogen) atoms. The maximum atomic E-state index is 9.60. The predicted octanol–water partition coefficient (Wildman–Crippen LogP) is 1.90. The fraction of sp³-hybridized carbons (Fsp3) is 0.939. The molecule has 9 atom stereocenters. The first-order chi connectivity index (χ1) is 32.4. The van der Waals surface area contributed by atoms with Crippen LogP contribution in [0.5, 0.6) is 0 Å². The number of rotatable bonds is 28. The number of aliphatic hydroxyl groups excluding tert-OH is 18. The second kappa shape index (κ2) is 83.4. The molecule has 0 bridgehead atoms. The van der Waals surface area contributed by atoms with Crippen LogP contribution in [0.1, 0.15) is 185 Å². The lowest BCUT2D eigenvalue weighted by Crippen LogP contribution is -2.05. The van der Waals surface area contributed by atoms with Crippen molar-refractivity contribution in [3.8, 4) is 0 Å². The van der Waals surface area contributed by atoms with Gasteiger partial charge in [0.15, 0.2) is 0 Å². The second-order valence-corrected chi connectivity index (χ2v) is 15.3. The van der Waals surface area contributed by atoms with Crippen LogP contribution in [0.15, 0.2) is 12.2 Å². The van der Waals surface area contributed by atoms with Gasteiger partial charge in [-0.15, -0.1) is 0 Å². The van der Waals surface area contributed by atoms with Crippen molar-refractivity contribution in [3.63, 3.8) is 0 Å². The molecule has 430 valence electrons. The second-order valence-electron chi connectivity index (χ2n) is 15.3. The Kier molecular flexibility index (Phi) is 109. The first-order valence-electron chi connectivity index (χ1n) is 24.9. The van der Waals surface area contributed by atoms with Crippen LogP contribution in [-0.4, -0.2) is 217 Å². The summed E-state index contributed by atoms with van der Waals surface area (Å²) in [5.74, 6) is -0.935. The van der Waals surface area contributed by atoms with E-state index in [4.69, 9.17) is 97.0 Å². The summed E-state index contributed by atoms with van der Waals surface area (Å²) in [6.45, 7) is 22.4. The maximum Gasteiger partial charge on any atom is 0.330 e. The lowest BCUT2D eigenvalue weighted by atomic mass is 10.2. The van der Waals surface area contributed by atoms with Gasteiger partial charge < -0.3 is 97.0 Å². The molecule has 0 fully saturated rings. The van der Waals surface area contributed by atoms with Crippen molar-refractivity contribution in [1.29, 1.82) is 0 Å². The van der Waals surface area contributed by atoms with Crippen molar-refractivity contribution in [3.05, 3.63) is 12.2 Å². The Morgan fingerprint density at radius 1 is 0.290 bits per heavy atom. The lowest BCUT2D eigenvalue weighted by Gasteiger charge is -2.01. The van der Waals surface area contributed by atoms with Crippen molar-refractivity contribution < 1.29 is 102 Å². The molecular formula is C49H114O20. The van der Waals surface area contributed by atoms with Gasteiger partial charge in [0.25, 0.3) is 0 Å². The van der Waals surface area contributed by atoms with Crippen LogP contribution >= 0.6 is 0 Å². The number of hydrogen-bond acceptors (Lipinski definition) is 19. The highest BCUT2D eigenvalue weighted by atomic mass is 16.4. The third-order valence-electron chi connectivity index (χ3n) is 8.77. The zero-order chi connectivity index (χ0) is 56.4. The molecule has 0 amide bonds. The number of carboxylic acids is 1. The highest BCUT2D eigenvalue weighted by Gasteiger charge is 2.00. The van der Waals surface area contributed by atoms with Gasteiger partial charge in [0.2, 0.25) is 0 Å². The lowest BCUT2D eigenvalue weighted by molar-refractivity contribution is -0.132. The molecule has 0 radical (unpaired) electrons. The molecule has 9 unspecified atom stereocenters. The Morgan fingerprint density at radius 3 is 0.377 bits per heavy atom. The van der Waals surface area contributed by atoms with E-state index in [0.717, 1.165) is 57.8 Å². The van der Waals surface area contributed by atoms with Crippen molar-refractivity contribution in [2.45, 2.75) is 240 Å². The van der Waals surface area contributed by atoms with Gasteiger partial charge in [0, 0.05) is 65.0 Å². The summed E-state index contributed by atoms with van der Waals surface area (Å²) in [6.07, 6.45) is 8.52. The molecule has 0 spiro atoms. The van der Waals surface area contributed by atoms with E-state index in [1.807, 2.05) is 62.3 Å². The van der Waals surface area contributed by atoms with Crippen molar-refractivity contribution >= 4 is 5.97 Å². The van der Waals surface area contributed by atoms with Crippen molar-refractivity contribution in [2.24, 2.45) is 0 Å². The highest BCUT2D eigenvalue weighted by molar-refractivity contribution is 5.84. The SMILES string of the molecule is C=C(C)C(=O)O.CCC(O)CCO.CCC(O)CCO.CCC(O)CCO.CCC(O)CCO.CCC(O)CCO.CCC(O)CCO.CCC(O)CCO.CCC(O)CCO.CCC(O)CCO. The molecule has 20 nitrogen and oxygen atoms in total. The maximum absolute atomic E-state index is 9.60. The van der Waals surface area contributed by atoms with E-state index in [-0.39, 0.29) is 120 Å². The molecule has 0 aromatic heterocycles. The minimum Gasteiger partial charge on any atom is -0.478 e. The predicted molar refractivity (Wildman–Crippen MR) is 274 cm³/mol. The zero-order valence-corrected chi connectivity index (χ0v) is 44.9. The molecule has 0 rings (SSSR count). The molecule has 19 N–H and O–H groups in total. The molecule has 0 aromatic rings. The van der Waals surface area contributed by atoms with Gasteiger partial charge >= 0.3 is 5.97 Å². The van der Waals surface area contributed by atoms with Crippen LogP contribution < -0.4 is 0 Å². The number of aliphatic hydroxyl groups is 18.